The van der Waals surface area contributed by atoms with Gasteiger partial charge in [0, 0.05) is 25.0 Å². The standard InChI is InChI=1S/C23H23F12N3/c24-20(25,26)15-3-13(4-16(7-15)21(27,28)29)9-19(11-37,12-38-2-1-36)10-14-5-17(22(30,31)32)8-18(6-14)23(33,34)35/h3-8,38H,1-2,9-12,36-37H2. The van der Waals surface area contributed by atoms with Crippen molar-refractivity contribution in [2.24, 2.45) is 16.9 Å². The van der Waals surface area contributed by atoms with Crippen LogP contribution in [0.1, 0.15) is 33.4 Å². The van der Waals surface area contributed by atoms with Gasteiger partial charge < -0.3 is 16.8 Å². The molecule has 2 aromatic carbocycles. The van der Waals surface area contributed by atoms with Crippen LogP contribution in [0, 0.1) is 5.41 Å². The summed E-state index contributed by atoms with van der Waals surface area (Å²) in [7, 11) is 0. The summed E-state index contributed by atoms with van der Waals surface area (Å²) >= 11 is 0. The maximum absolute atomic E-state index is 13.3. The Morgan fingerprint density at radius 2 is 0.842 bits per heavy atom. The average Bonchev–Trinajstić information content (AvgIpc) is 2.76. The van der Waals surface area contributed by atoms with E-state index in [1.54, 1.807) is 0 Å². The Bertz CT molecular complexity index is 943. The Hall–Kier alpha value is -2.52. The zero-order valence-corrected chi connectivity index (χ0v) is 19.4. The number of alkyl halides is 12. The van der Waals surface area contributed by atoms with Crippen molar-refractivity contribution < 1.29 is 52.7 Å². The minimum Gasteiger partial charge on any atom is -0.330 e. The molecule has 0 amide bonds. The molecule has 0 fully saturated rings. The van der Waals surface area contributed by atoms with E-state index in [9.17, 15) is 52.7 Å². The van der Waals surface area contributed by atoms with Crippen LogP contribution in [0.2, 0.25) is 0 Å². The molecule has 2 aromatic rings. The van der Waals surface area contributed by atoms with Gasteiger partial charge in [-0.2, -0.15) is 52.7 Å². The molecule has 38 heavy (non-hydrogen) atoms. The van der Waals surface area contributed by atoms with Crippen LogP contribution in [-0.4, -0.2) is 26.2 Å². The molecule has 0 unspecified atom stereocenters. The van der Waals surface area contributed by atoms with Crippen molar-refractivity contribution in [2.45, 2.75) is 37.5 Å². The summed E-state index contributed by atoms with van der Waals surface area (Å²) in [5.41, 5.74) is 2.11. The fraction of sp³-hybridized carbons (Fsp3) is 0.478. The summed E-state index contributed by atoms with van der Waals surface area (Å²) in [5, 5.41) is 2.75. The highest BCUT2D eigenvalue weighted by Gasteiger charge is 2.40. The smallest absolute Gasteiger partial charge is 0.330 e. The molecule has 0 aliphatic rings. The Morgan fingerprint density at radius 3 is 1.08 bits per heavy atom. The van der Waals surface area contributed by atoms with E-state index in [4.69, 9.17) is 11.5 Å². The van der Waals surface area contributed by atoms with Gasteiger partial charge in [0.1, 0.15) is 0 Å². The van der Waals surface area contributed by atoms with Crippen molar-refractivity contribution >= 4 is 0 Å². The second-order valence-electron chi connectivity index (χ2n) is 8.85. The lowest BCUT2D eigenvalue weighted by Gasteiger charge is -2.34. The largest absolute Gasteiger partial charge is 0.416 e. The molecule has 0 atom stereocenters. The third kappa shape index (κ3) is 8.50. The molecule has 0 radical (unpaired) electrons. The summed E-state index contributed by atoms with van der Waals surface area (Å²) in [5.74, 6) is 0. The van der Waals surface area contributed by atoms with Gasteiger partial charge in [0.15, 0.2) is 0 Å². The highest BCUT2D eigenvalue weighted by molar-refractivity contribution is 5.37. The van der Waals surface area contributed by atoms with Crippen LogP contribution in [0.4, 0.5) is 52.7 Å². The van der Waals surface area contributed by atoms with Gasteiger partial charge in [-0.1, -0.05) is 0 Å². The molecular formula is C23H23F12N3. The third-order valence-corrected chi connectivity index (χ3v) is 5.71. The van der Waals surface area contributed by atoms with Crippen molar-refractivity contribution in [1.82, 2.24) is 5.32 Å². The van der Waals surface area contributed by atoms with E-state index < -0.39 is 82.9 Å². The predicted molar refractivity (Wildman–Crippen MR) is 114 cm³/mol. The number of benzene rings is 2. The molecule has 2 rings (SSSR count). The van der Waals surface area contributed by atoms with Crippen molar-refractivity contribution in [2.75, 3.05) is 26.2 Å². The number of nitrogens with two attached hydrogens (primary N) is 2. The van der Waals surface area contributed by atoms with Gasteiger partial charge in [-0.3, -0.25) is 0 Å². The van der Waals surface area contributed by atoms with Crippen LogP contribution in [0.5, 0.6) is 0 Å². The van der Waals surface area contributed by atoms with Crippen LogP contribution in [0.15, 0.2) is 36.4 Å². The van der Waals surface area contributed by atoms with E-state index in [1.165, 1.54) is 0 Å². The number of hydrogen-bond acceptors (Lipinski definition) is 3. The van der Waals surface area contributed by atoms with E-state index in [-0.39, 0.29) is 31.8 Å². The van der Waals surface area contributed by atoms with Crippen LogP contribution < -0.4 is 16.8 Å². The lowest BCUT2D eigenvalue weighted by atomic mass is 9.75. The normalized spacial score (nSPS) is 13.7. The minimum absolute atomic E-state index is 0.0320. The lowest BCUT2D eigenvalue weighted by Crippen LogP contribution is -2.45. The second kappa shape index (κ2) is 11.3. The van der Waals surface area contributed by atoms with Gasteiger partial charge in [0.2, 0.25) is 0 Å². The monoisotopic (exact) mass is 569 g/mol. The van der Waals surface area contributed by atoms with E-state index in [0.29, 0.717) is 24.3 Å². The number of hydrogen-bond donors (Lipinski definition) is 3. The van der Waals surface area contributed by atoms with E-state index in [2.05, 4.69) is 5.32 Å². The maximum Gasteiger partial charge on any atom is 0.416 e. The SMILES string of the molecule is NCCNCC(CN)(Cc1cc(C(F)(F)F)cc(C(F)(F)F)c1)Cc1cc(C(F)(F)F)cc(C(F)(F)F)c1. The number of halogens is 12. The summed E-state index contributed by atoms with van der Waals surface area (Å²) < 4.78 is 160. The molecule has 0 bridgehead atoms. The predicted octanol–water partition coefficient (Wildman–Crippen LogP) is 6.04. The van der Waals surface area contributed by atoms with Crippen LogP contribution >= 0.6 is 0 Å². The molecule has 0 heterocycles. The first-order valence-corrected chi connectivity index (χ1v) is 10.9. The first kappa shape index (κ1) is 31.7. The Morgan fingerprint density at radius 1 is 0.526 bits per heavy atom. The molecule has 5 N–H and O–H groups in total. The molecule has 0 aliphatic carbocycles. The summed E-state index contributed by atoms with van der Waals surface area (Å²) in [4.78, 5) is 0. The summed E-state index contributed by atoms with van der Waals surface area (Å²) in [6.07, 6.45) is -21.9. The number of nitrogens with one attached hydrogen (secondary N) is 1. The summed E-state index contributed by atoms with van der Waals surface area (Å²) in [6, 6.07) is 1.57. The van der Waals surface area contributed by atoms with Crippen molar-refractivity contribution in [3.63, 3.8) is 0 Å². The van der Waals surface area contributed by atoms with E-state index in [0.717, 1.165) is 0 Å². The Balaban J connectivity index is 2.66. The van der Waals surface area contributed by atoms with Gasteiger partial charge in [-0.15, -0.1) is 0 Å². The first-order valence-electron chi connectivity index (χ1n) is 10.9. The fourth-order valence-electron chi connectivity index (χ4n) is 3.97. The fourth-order valence-corrected chi connectivity index (χ4v) is 3.97. The molecule has 0 saturated heterocycles. The van der Waals surface area contributed by atoms with Gasteiger partial charge in [0.25, 0.3) is 0 Å². The van der Waals surface area contributed by atoms with E-state index >= 15 is 0 Å². The highest BCUT2D eigenvalue weighted by atomic mass is 19.4. The first-order chi connectivity index (χ1) is 17.2. The van der Waals surface area contributed by atoms with E-state index in [1.807, 2.05) is 0 Å². The molecule has 3 nitrogen and oxygen atoms in total. The van der Waals surface area contributed by atoms with Gasteiger partial charge in [-0.05, 0) is 66.9 Å². The Labute approximate surface area is 209 Å². The Kier molecular flexibility index (Phi) is 9.43. The molecular weight excluding hydrogens is 546 g/mol. The van der Waals surface area contributed by atoms with Crippen molar-refractivity contribution in [1.29, 1.82) is 0 Å². The third-order valence-electron chi connectivity index (χ3n) is 5.71. The van der Waals surface area contributed by atoms with Crippen LogP contribution in [0.25, 0.3) is 0 Å². The second-order valence-corrected chi connectivity index (χ2v) is 8.85. The topological polar surface area (TPSA) is 64.1 Å². The van der Waals surface area contributed by atoms with Crippen molar-refractivity contribution in [3.8, 4) is 0 Å². The zero-order chi connectivity index (χ0) is 29.2. The van der Waals surface area contributed by atoms with Gasteiger partial charge in [0.05, 0.1) is 22.3 Å². The van der Waals surface area contributed by atoms with Gasteiger partial charge >= 0.3 is 24.7 Å². The van der Waals surface area contributed by atoms with Crippen LogP contribution in [-0.2, 0) is 37.5 Å². The van der Waals surface area contributed by atoms with Gasteiger partial charge in [-0.25, -0.2) is 0 Å². The van der Waals surface area contributed by atoms with Crippen molar-refractivity contribution in [3.05, 3.63) is 69.8 Å². The molecule has 15 heteroatoms. The lowest BCUT2D eigenvalue weighted by molar-refractivity contribution is -0.144. The molecule has 0 aliphatic heterocycles. The minimum atomic E-state index is -5.16. The quantitative estimate of drug-likeness (QED) is 0.255. The zero-order valence-electron chi connectivity index (χ0n) is 19.4. The molecule has 214 valence electrons. The maximum atomic E-state index is 13.3. The molecule has 0 saturated carbocycles. The highest BCUT2D eigenvalue weighted by Crippen LogP contribution is 2.40. The molecule has 0 spiro atoms. The van der Waals surface area contributed by atoms with Crippen LogP contribution in [0.3, 0.4) is 0 Å². The molecule has 0 aromatic heterocycles. The number of rotatable bonds is 9. The average molecular weight is 569 g/mol. The summed E-state index contributed by atoms with van der Waals surface area (Å²) in [6.45, 7) is -0.686.